The van der Waals surface area contributed by atoms with Crippen LogP contribution in [0.15, 0.2) is 21.8 Å². The summed E-state index contributed by atoms with van der Waals surface area (Å²) in [5.41, 5.74) is 0.0466. The second-order valence-electron chi connectivity index (χ2n) is 2.44. The van der Waals surface area contributed by atoms with Crippen LogP contribution < -0.4 is 0 Å². The van der Waals surface area contributed by atoms with Crippen molar-refractivity contribution in [3.05, 3.63) is 33.8 Å². The van der Waals surface area contributed by atoms with E-state index in [-0.39, 0.29) is 5.56 Å². The lowest BCUT2D eigenvalue weighted by molar-refractivity contribution is 0.160. The van der Waals surface area contributed by atoms with E-state index in [1.165, 1.54) is 6.07 Å². The summed E-state index contributed by atoms with van der Waals surface area (Å²) in [4.78, 5) is 4.64. The molecule has 0 aliphatic heterocycles. The average molecular weight is 264 g/mol. The number of rotatable bonds is 3. The van der Waals surface area contributed by atoms with Crippen LogP contribution in [0.5, 0.6) is 0 Å². The molecule has 0 bridgehead atoms. The van der Waals surface area contributed by atoms with Crippen molar-refractivity contribution in [2.24, 2.45) is 5.16 Å². The number of halogens is 3. The Bertz CT molecular complexity index is 355. The van der Waals surface area contributed by atoms with E-state index in [0.717, 1.165) is 12.3 Å². The highest BCUT2D eigenvalue weighted by molar-refractivity contribution is 9.10. The van der Waals surface area contributed by atoms with Gasteiger partial charge in [-0.3, -0.25) is 0 Å². The molecule has 0 aliphatic carbocycles. The van der Waals surface area contributed by atoms with Gasteiger partial charge in [-0.15, -0.1) is 0 Å². The van der Waals surface area contributed by atoms with Gasteiger partial charge in [0.1, 0.15) is 6.61 Å². The van der Waals surface area contributed by atoms with E-state index in [1.54, 1.807) is 6.92 Å². The molecule has 1 aromatic rings. The van der Waals surface area contributed by atoms with Crippen molar-refractivity contribution in [1.29, 1.82) is 0 Å². The summed E-state index contributed by atoms with van der Waals surface area (Å²) in [5.74, 6) is -1.85. The fourth-order valence-electron chi connectivity index (χ4n) is 0.838. The van der Waals surface area contributed by atoms with E-state index in [9.17, 15) is 8.78 Å². The Morgan fingerprint density at radius 1 is 1.50 bits per heavy atom. The molecule has 2 nitrogen and oxygen atoms in total. The molecule has 14 heavy (non-hydrogen) atoms. The van der Waals surface area contributed by atoms with Gasteiger partial charge in [-0.05, 0) is 19.1 Å². The lowest BCUT2D eigenvalue weighted by atomic mass is 10.2. The summed E-state index contributed by atoms with van der Waals surface area (Å²) < 4.78 is 26.4. The molecule has 1 aromatic carbocycles. The van der Waals surface area contributed by atoms with Gasteiger partial charge in [0.25, 0.3) is 0 Å². The van der Waals surface area contributed by atoms with Crippen molar-refractivity contribution in [2.75, 3.05) is 6.61 Å². The van der Waals surface area contributed by atoms with Crippen molar-refractivity contribution in [3.63, 3.8) is 0 Å². The maximum Gasteiger partial charge on any atom is 0.167 e. The van der Waals surface area contributed by atoms with Crippen molar-refractivity contribution in [3.8, 4) is 0 Å². The first-order valence-electron chi connectivity index (χ1n) is 3.95. The Hall–Kier alpha value is -0.970. The van der Waals surface area contributed by atoms with Gasteiger partial charge in [-0.25, -0.2) is 8.78 Å². The van der Waals surface area contributed by atoms with Gasteiger partial charge in [0.05, 0.1) is 6.21 Å². The molecule has 0 unspecified atom stereocenters. The normalized spacial score (nSPS) is 10.9. The molecule has 0 atom stereocenters. The number of hydrogen-bond acceptors (Lipinski definition) is 2. The van der Waals surface area contributed by atoms with Gasteiger partial charge in [0.2, 0.25) is 0 Å². The molecule has 76 valence electrons. The lowest BCUT2D eigenvalue weighted by Crippen LogP contribution is -1.94. The second kappa shape index (κ2) is 5.05. The van der Waals surface area contributed by atoms with Crippen LogP contribution in [0.4, 0.5) is 8.78 Å². The first-order valence-corrected chi connectivity index (χ1v) is 4.74. The summed E-state index contributed by atoms with van der Waals surface area (Å²) in [5, 5.41) is 3.45. The highest BCUT2D eigenvalue weighted by Crippen LogP contribution is 2.17. The number of nitrogens with zero attached hydrogens (tertiary/aromatic N) is 1. The highest BCUT2D eigenvalue weighted by Gasteiger charge is 2.07. The topological polar surface area (TPSA) is 21.6 Å². The summed E-state index contributed by atoms with van der Waals surface area (Å²) >= 11 is 3.05. The van der Waals surface area contributed by atoms with Crippen LogP contribution in [-0.4, -0.2) is 12.8 Å². The van der Waals surface area contributed by atoms with Crippen LogP contribution in [0, 0.1) is 11.6 Å². The highest BCUT2D eigenvalue weighted by atomic mass is 79.9. The van der Waals surface area contributed by atoms with E-state index in [1.807, 2.05) is 0 Å². The Balaban J connectivity index is 2.96. The second-order valence-corrected chi connectivity index (χ2v) is 3.36. The van der Waals surface area contributed by atoms with Crippen LogP contribution in [0.2, 0.25) is 0 Å². The monoisotopic (exact) mass is 263 g/mol. The summed E-state index contributed by atoms with van der Waals surface area (Å²) in [6, 6.07) is 2.47. The van der Waals surface area contributed by atoms with Gasteiger partial charge in [0.15, 0.2) is 11.6 Å². The molecule has 0 heterocycles. The molecule has 0 radical (unpaired) electrons. The Morgan fingerprint density at radius 2 is 2.21 bits per heavy atom. The zero-order valence-electron chi connectivity index (χ0n) is 7.43. The molecule has 0 saturated heterocycles. The zero-order chi connectivity index (χ0) is 10.6. The largest absolute Gasteiger partial charge is 0.396 e. The van der Waals surface area contributed by atoms with Crippen molar-refractivity contribution >= 4 is 22.1 Å². The fraction of sp³-hybridized carbons (Fsp3) is 0.222. The van der Waals surface area contributed by atoms with E-state index in [0.29, 0.717) is 11.1 Å². The molecular weight excluding hydrogens is 256 g/mol. The van der Waals surface area contributed by atoms with E-state index < -0.39 is 11.6 Å². The predicted octanol–water partition coefficient (Wildman–Crippen LogP) is 3.10. The minimum absolute atomic E-state index is 0.0466. The first kappa shape index (κ1) is 11.1. The first-order chi connectivity index (χ1) is 6.65. The molecule has 0 spiro atoms. The minimum Gasteiger partial charge on any atom is -0.396 e. The van der Waals surface area contributed by atoms with E-state index in [2.05, 4.69) is 25.9 Å². The number of hydrogen-bond donors (Lipinski definition) is 0. The lowest BCUT2D eigenvalue weighted by Gasteiger charge is -1.99. The standard InChI is InChI=1S/C9H8BrF2NO/c1-2-14-13-5-6-3-7(10)4-8(11)9(6)12/h3-5H,2H2,1H3/b13-5+. The quantitative estimate of drug-likeness (QED) is 0.467. The Labute approximate surface area is 88.7 Å². The molecule has 1 rings (SSSR count). The van der Waals surface area contributed by atoms with Crippen LogP contribution in [0.3, 0.4) is 0 Å². The smallest absolute Gasteiger partial charge is 0.167 e. The number of benzene rings is 1. The Kier molecular flexibility index (Phi) is 4.00. The molecule has 0 fully saturated rings. The summed E-state index contributed by atoms with van der Waals surface area (Å²) in [6.45, 7) is 2.13. The fourth-order valence-corrected chi connectivity index (χ4v) is 1.29. The van der Waals surface area contributed by atoms with Gasteiger partial charge >= 0.3 is 0 Å². The molecule has 0 aliphatic rings. The third-order valence-corrected chi connectivity index (χ3v) is 1.87. The summed E-state index contributed by atoms with van der Waals surface area (Å²) in [6.07, 6.45) is 1.13. The molecular formula is C9H8BrF2NO. The maximum absolute atomic E-state index is 13.1. The molecule has 5 heteroatoms. The third kappa shape index (κ3) is 2.77. The predicted molar refractivity (Wildman–Crippen MR) is 53.3 cm³/mol. The van der Waals surface area contributed by atoms with Gasteiger partial charge in [-0.1, -0.05) is 21.1 Å². The molecule has 0 N–H and O–H groups in total. The van der Waals surface area contributed by atoms with Crippen LogP contribution in [-0.2, 0) is 4.84 Å². The van der Waals surface area contributed by atoms with E-state index in [4.69, 9.17) is 0 Å². The van der Waals surface area contributed by atoms with Crippen molar-refractivity contribution in [2.45, 2.75) is 6.92 Å². The third-order valence-electron chi connectivity index (χ3n) is 1.42. The molecule has 0 aromatic heterocycles. The van der Waals surface area contributed by atoms with Crippen LogP contribution in [0.1, 0.15) is 12.5 Å². The van der Waals surface area contributed by atoms with Gasteiger partial charge in [-0.2, -0.15) is 0 Å². The van der Waals surface area contributed by atoms with Crippen molar-refractivity contribution < 1.29 is 13.6 Å². The zero-order valence-corrected chi connectivity index (χ0v) is 9.01. The van der Waals surface area contributed by atoms with Crippen molar-refractivity contribution in [1.82, 2.24) is 0 Å². The van der Waals surface area contributed by atoms with Gasteiger partial charge < -0.3 is 4.84 Å². The SMILES string of the molecule is CCO/N=C/c1cc(Br)cc(F)c1F. The molecule has 0 amide bonds. The average Bonchev–Trinajstić information content (AvgIpc) is 2.13. The molecule has 0 saturated carbocycles. The maximum atomic E-state index is 13.1. The number of oxime groups is 1. The Morgan fingerprint density at radius 3 is 2.86 bits per heavy atom. The van der Waals surface area contributed by atoms with E-state index >= 15 is 0 Å². The van der Waals surface area contributed by atoms with Crippen LogP contribution in [0.25, 0.3) is 0 Å². The summed E-state index contributed by atoms with van der Waals surface area (Å²) in [7, 11) is 0. The van der Waals surface area contributed by atoms with Gasteiger partial charge in [0, 0.05) is 10.0 Å². The minimum atomic E-state index is -0.934. The van der Waals surface area contributed by atoms with Crippen LogP contribution >= 0.6 is 15.9 Å².